The van der Waals surface area contributed by atoms with E-state index in [0.29, 0.717) is 13.2 Å². The second kappa shape index (κ2) is 6.27. The zero-order valence-corrected chi connectivity index (χ0v) is 12.3. The maximum atomic E-state index is 13.3. The van der Waals surface area contributed by atoms with Crippen LogP contribution in [-0.2, 0) is 26.0 Å². The van der Waals surface area contributed by atoms with Crippen LogP contribution in [-0.4, -0.2) is 7.05 Å². The molecule has 110 valence electrons. The van der Waals surface area contributed by atoms with Crippen molar-refractivity contribution < 1.29 is 9.13 Å². The summed E-state index contributed by atoms with van der Waals surface area (Å²) in [5.74, 6) is 0.511. The van der Waals surface area contributed by atoms with Crippen molar-refractivity contribution in [3.63, 3.8) is 0 Å². The molecular formula is C18H20FNO. The Labute approximate surface area is 125 Å². The predicted octanol–water partition coefficient (Wildman–Crippen LogP) is 3.61. The van der Waals surface area contributed by atoms with Gasteiger partial charge in [-0.2, -0.15) is 0 Å². The predicted molar refractivity (Wildman–Crippen MR) is 82.0 cm³/mol. The Balaban J connectivity index is 1.72. The van der Waals surface area contributed by atoms with E-state index in [1.165, 1.54) is 48.1 Å². The molecule has 3 rings (SSSR count). The maximum absolute atomic E-state index is 13.3. The molecule has 1 N–H and O–H groups in total. The summed E-state index contributed by atoms with van der Waals surface area (Å²) in [6, 6.07) is 11.2. The summed E-state index contributed by atoms with van der Waals surface area (Å²) in [5, 5.41) is 3.04. The molecule has 0 spiro atoms. The molecule has 0 saturated heterocycles. The molecule has 2 aromatic carbocycles. The summed E-state index contributed by atoms with van der Waals surface area (Å²) in [4.78, 5) is 0. The van der Waals surface area contributed by atoms with Crippen molar-refractivity contribution in [1.82, 2.24) is 5.32 Å². The first-order valence-corrected chi connectivity index (χ1v) is 7.43. The molecule has 0 fully saturated rings. The summed E-state index contributed by atoms with van der Waals surface area (Å²) in [7, 11) is 1.84. The van der Waals surface area contributed by atoms with Gasteiger partial charge in [-0.15, -0.1) is 0 Å². The fraction of sp³-hybridized carbons (Fsp3) is 0.333. The Hall–Kier alpha value is -1.87. The number of aryl methyl sites for hydroxylation is 2. The highest BCUT2D eigenvalue weighted by atomic mass is 19.1. The van der Waals surface area contributed by atoms with Gasteiger partial charge in [-0.1, -0.05) is 18.2 Å². The van der Waals surface area contributed by atoms with Crippen LogP contribution in [0.5, 0.6) is 5.75 Å². The Morgan fingerprint density at radius 2 is 1.95 bits per heavy atom. The molecule has 2 aromatic rings. The summed E-state index contributed by atoms with van der Waals surface area (Å²) < 4.78 is 19.2. The Kier molecular flexibility index (Phi) is 4.20. The van der Waals surface area contributed by atoms with Gasteiger partial charge >= 0.3 is 0 Å². The standard InChI is InChI=1S/C18H20FNO/c1-20-11-16-10-17(19)7-8-18(16)21-12-13-5-6-14-3-2-4-15(14)9-13/h5-10,20H,2-4,11-12H2,1H3. The lowest BCUT2D eigenvalue weighted by atomic mass is 10.1. The zero-order valence-electron chi connectivity index (χ0n) is 12.3. The van der Waals surface area contributed by atoms with Crippen LogP contribution in [0.4, 0.5) is 4.39 Å². The van der Waals surface area contributed by atoms with Crippen LogP contribution in [0.3, 0.4) is 0 Å². The lowest BCUT2D eigenvalue weighted by Gasteiger charge is -2.12. The van der Waals surface area contributed by atoms with E-state index in [4.69, 9.17) is 4.74 Å². The lowest BCUT2D eigenvalue weighted by molar-refractivity contribution is 0.301. The fourth-order valence-electron chi connectivity index (χ4n) is 2.89. The van der Waals surface area contributed by atoms with Gasteiger partial charge in [0.25, 0.3) is 0 Å². The number of benzene rings is 2. The smallest absolute Gasteiger partial charge is 0.124 e. The summed E-state index contributed by atoms with van der Waals surface area (Å²) in [6.45, 7) is 1.12. The van der Waals surface area contributed by atoms with E-state index in [0.717, 1.165) is 11.3 Å². The van der Waals surface area contributed by atoms with Crippen molar-refractivity contribution in [3.8, 4) is 5.75 Å². The third-order valence-electron chi connectivity index (χ3n) is 3.95. The first-order chi connectivity index (χ1) is 10.3. The molecule has 0 aromatic heterocycles. The monoisotopic (exact) mass is 285 g/mol. The molecule has 0 heterocycles. The number of nitrogens with one attached hydrogen (secondary N) is 1. The quantitative estimate of drug-likeness (QED) is 0.906. The number of hydrogen-bond acceptors (Lipinski definition) is 2. The molecule has 0 atom stereocenters. The minimum Gasteiger partial charge on any atom is -0.489 e. The van der Waals surface area contributed by atoms with Crippen LogP contribution < -0.4 is 10.1 Å². The topological polar surface area (TPSA) is 21.3 Å². The van der Waals surface area contributed by atoms with Crippen molar-refractivity contribution in [3.05, 3.63) is 64.5 Å². The van der Waals surface area contributed by atoms with Crippen LogP contribution in [0.25, 0.3) is 0 Å². The van der Waals surface area contributed by atoms with Crippen molar-refractivity contribution >= 4 is 0 Å². The number of ether oxygens (including phenoxy) is 1. The van der Waals surface area contributed by atoms with E-state index in [1.807, 2.05) is 7.05 Å². The van der Waals surface area contributed by atoms with Gasteiger partial charge in [0.1, 0.15) is 18.2 Å². The second-order valence-electron chi connectivity index (χ2n) is 5.53. The van der Waals surface area contributed by atoms with Gasteiger partial charge < -0.3 is 10.1 Å². The summed E-state index contributed by atoms with van der Waals surface area (Å²) in [5.41, 5.74) is 4.94. The normalized spacial score (nSPS) is 13.2. The highest BCUT2D eigenvalue weighted by molar-refractivity contribution is 5.37. The van der Waals surface area contributed by atoms with Crippen LogP contribution in [0.2, 0.25) is 0 Å². The molecule has 0 radical (unpaired) electrons. The number of fused-ring (bicyclic) bond motifs is 1. The second-order valence-corrected chi connectivity index (χ2v) is 5.53. The largest absolute Gasteiger partial charge is 0.489 e. The Bertz CT molecular complexity index is 639. The maximum Gasteiger partial charge on any atom is 0.124 e. The van der Waals surface area contributed by atoms with Gasteiger partial charge in [-0.3, -0.25) is 0 Å². The molecule has 0 bridgehead atoms. The lowest BCUT2D eigenvalue weighted by Crippen LogP contribution is -2.08. The van der Waals surface area contributed by atoms with Crippen molar-refractivity contribution in [2.45, 2.75) is 32.4 Å². The zero-order chi connectivity index (χ0) is 14.7. The van der Waals surface area contributed by atoms with E-state index in [-0.39, 0.29) is 5.82 Å². The van der Waals surface area contributed by atoms with Crippen molar-refractivity contribution in [2.75, 3.05) is 7.05 Å². The van der Waals surface area contributed by atoms with Gasteiger partial charge in [0.2, 0.25) is 0 Å². The molecule has 21 heavy (non-hydrogen) atoms. The number of rotatable bonds is 5. The summed E-state index contributed by atoms with van der Waals surface area (Å²) >= 11 is 0. The minimum atomic E-state index is -0.231. The molecule has 0 saturated carbocycles. The highest BCUT2D eigenvalue weighted by Crippen LogP contribution is 2.25. The van der Waals surface area contributed by atoms with E-state index >= 15 is 0 Å². The Morgan fingerprint density at radius 3 is 2.81 bits per heavy atom. The molecule has 0 unspecified atom stereocenters. The van der Waals surface area contributed by atoms with Crippen LogP contribution in [0.15, 0.2) is 36.4 Å². The first-order valence-electron chi connectivity index (χ1n) is 7.43. The molecule has 0 amide bonds. The fourth-order valence-corrected chi connectivity index (χ4v) is 2.89. The van der Waals surface area contributed by atoms with E-state index in [2.05, 4.69) is 23.5 Å². The van der Waals surface area contributed by atoms with E-state index < -0.39 is 0 Å². The molecule has 2 nitrogen and oxygen atoms in total. The van der Waals surface area contributed by atoms with Crippen molar-refractivity contribution in [1.29, 1.82) is 0 Å². The molecule has 1 aliphatic rings. The third-order valence-corrected chi connectivity index (χ3v) is 3.95. The van der Waals surface area contributed by atoms with Crippen LogP contribution >= 0.6 is 0 Å². The SMILES string of the molecule is CNCc1cc(F)ccc1OCc1ccc2c(c1)CCC2. The first kappa shape index (κ1) is 14.1. The van der Waals surface area contributed by atoms with Crippen LogP contribution in [0.1, 0.15) is 28.7 Å². The molecule has 3 heteroatoms. The van der Waals surface area contributed by atoms with Gasteiger partial charge in [-0.05, 0) is 61.2 Å². The summed E-state index contributed by atoms with van der Waals surface area (Å²) in [6.07, 6.45) is 3.62. The molecular weight excluding hydrogens is 265 g/mol. The average molecular weight is 285 g/mol. The van der Waals surface area contributed by atoms with Gasteiger partial charge in [0, 0.05) is 12.1 Å². The highest BCUT2D eigenvalue weighted by Gasteiger charge is 2.11. The van der Waals surface area contributed by atoms with Crippen molar-refractivity contribution in [2.24, 2.45) is 0 Å². The van der Waals surface area contributed by atoms with E-state index in [9.17, 15) is 4.39 Å². The number of hydrogen-bond donors (Lipinski definition) is 1. The molecule has 0 aliphatic heterocycles. The minimum absolute atomic E-state index is 0.231. The number of halogens is 1. The third kappa shape index (κ3) is 3.24. The Morgan fingerprint density at radius 1 is 1.10 bits per heavy atom. The van der Waals surface area contributed by atoms with E-state index in [1.54, 1.807) is 6.07 Å². The average Bonchev–Trinajstić information content (AvgIpc) is 2.94. The van der Waals surface area contributed by atoms with Gasteiger partial charge in [0.15, 0.2) is 0 Å². The van der Waals surface area contributed by atoms with Crippen LogP contribution in [0, 0.1) is 5.82 Å². The van der Waals surface area contributed by atoms with Gasteiger partial charge in [0.05, 0.1) is 0 Å². The van der Waals surface area contributed by atoms with Gasteiger partial charge in [-0.25, -0.2) is 4.39 Å². The molecule has 1 aliphatic carbocycles.